The Labute approximate surface area is 169 Å². The Hall–Kier alpha value is -3.48. The van der Waals surface area contributed by atoms with Crippen molar-refractivity contribution >= 4 is 5.95 Å². The van der Waals surface area contributed by atoms with Gasteiger partial charge in [0, 0.05) is 17.2 Å². The molecule has 0 atom stereocenters. The van der Waals surface area contributed by atoms with Gasteiger partial charge in [-0.1, -0.05) is 13.0 Å². The van der Waals surface area contributed by atoms with E-state index in [-0.39, 0.29) is 11.7 Å². The van der Waals surface area contributed by atoms with Crippen LogP contribution >= 0.6 is 0 Å². The predicted octanol–water partition coefficient (Wildman–Crippen LogP) is 3.75. The lowest BCUT2D eigenvalue weighted by Gasteiger charge is -2.20. The van der Waals surface area contributed by atoms with E-state index in [1.54, 1.807) is 13.2 Å². The van der Waals surface area contributed by atoms with Crippen LogP contribution in [0.1, 0.15) is 18.2 Å². The lowest BCUT2D eigenvalue weighted by molar-refractivity contribution is 0.171. The van der Waals surface area contributed by atoms with Crippen molar-refractivity contribution in [2.24, 2.45) is 0 Å². The third-order valence-electron chi connectivity index (χ3n) is 4.97. The predicted molar refractivity (Wildman–Crippen MR) is 111 cm³/mol. The number of aryl methyl sites for hydroxylation is 2. The van der Waals surface area contributed by atoms with E-state index in [4.69, 9.17) is 19.9 Å². The van der Waals surface area contributed by atoms with Gasteiger partial charge in [0.15, 0.2) is 11.5 Å². The first-order valence-electron chi connectivity index (χ1n) is 9.46. The maximum absolute atomic E-state index is 10.7. The number of nitrogen functional groups attached to an aromatic ring is 1. The van der Waals surface area contributed by atoms with E-state index < -0.39 is 0 Å². The maximum Gasteiger partial charge on any atom is 0.220 e. The summed E-state index contributed by atoms with van der Waals surface area (Å²) < 4.78 is 16.7. The van der Waals surface area contributed by atoms with E-state index in [1.165, 1.54) is 0 Å². The molecule has 2 heterocycles. The highest BCUT2D eigenvalue weighted by molar-refractivity contribution is 5.86. The second-order valence-corrected chi connectivity index (χ2v) is 6.78. The topological polar surface area (TPSA) is 99.7 Å². The van der Waals surface area contributed by atoms with Gasteiger partial charge in [-0.3, -0.25) is 0 Å². The lowest BCUT2D eigenvalue weighted by atomic mass is 9.95. The molecule has 0 saturated heterocycles. The summed E-state index contributed by atoms with van der Waals surface area (Å²) in [5.41, 5.74) is 10.4. The summed E-state index contributed by atoms with van der Waals surface area (Å²) in [6.07, 6.45) is 0.745. The summed E-state index contributed by atoms with van der Waals surface area (Å²) in [6, 6.07) is 9.20. The van der Waals surface area contributed by atoms with Crippen molar-refractivity contribution < 1.29 is 19.3 Å². The van der Waals surface area contributed by atoms with Gasteiger partial charge < -0.3 is 25.1 Å². The molecule has 1 aromatic heterocycles. The van der Waals surface area contributed by atoms with Gasteiger partial charge in [0.1, 0.15) is 24.7 Å². The summed E-state index contributed by atoms with van der Waals surface area (Å²) >= 11 is 0. The molecule has 1 aliphatic rings. The molecule has 3 N–H and O–H groups in total. The van der Waals surface area contributed by atoms with Crippen molar-refractivity contribution in [2.45, 2.75) is 20.3 Å². The zero-order chi connectivity index (χ0) is 20.5. The number of hydrogen-bond acceptors (Lipinski definition) is 7. The van der Waals surface area contributed by atoms with Gasteiger partial charge >= 0.3 is 0 Å². The maximum atomic E-state index is 10.7. The van der Waals surface area contributed by atoms with Crippen molar-refractivity contribution in [3.05, 3.63) is 41.6 Å². The Bertz CT molecular complexity index is 1080. The number of fused-ring (bicyclic) bond motifs is 1. The van der Waals surface area contributed by atoms with Crippen molar-refractivity contribution in [1.82, 2.24) is 9.97 Å². The number of methoxy groups -OCH3 is 1. The molecule has 0 spiro atoms. The first kappa shape index (κ1) is 18.9. The summed E-state index contributed by atoms with van der Waals surface area (Å²) in [4.78, 5) is 8.82. The smallest absolute Gasteiger partial charge is 0.220 e. The summed E-state index contributed by atoms with van der Waals surface area (Å²) in [7, 11) is 1.58. The van der Waals surface area contributed by atoms with E-state index in [0.717, 1.165) is 23.1 Å². The van der Waals surface area contributed by atoms with Gasteiger partial charge in [-0.2, -0.15) is 0 Å². The van der Waals surface area contributed by atoms with Crippen molar-refractivity contribution in [1.29, 1.82) is 0 Å². The fourth-order valence-corrected chi connectivity index (χ4v) is 3.60. The molecule has 7 heteroatoms. The molecule has 0 aliphatic carbocycles. The number of rotatable bonds is 4. The van der Waals surface area contributed by atoms with Crippen LogP contribution in [0.2, 0.25) is 0 Å². The normalized spacial score (nSPS) is 12.7. The van der Waals surface area contributed by atoms with Gasteiger partial charge in [0.2, 0.25) is 5.95 Å². The van der Waals surface area contributed by atoms with Crippen molar-refractivity contribution in [3.8, 4) is 45.4 Å². The van der Waals surface area contributed by atoms with E-state index in [0.29, 0.717) is 47.4 Å². The molecule has 3 aromatic rings. The largest absolute Gasteiger partial charge is 0.507 e. The van der Waals surface area contributed by atoms with Gasteiger partial charge in [-0.05, 0) is 42.7 Å². The lowest BCUT2D eigenvalue weighted by Crippen LogP contribution is -2.15. The number of phenolic OH excluding ortho intramolecular Hbond substituents is 1. The zero-order valence-electron chi connectivity index (χ0n) is 16.7. The van der Waals surface area contributed by atoms with Crippen LogP contribution in [0.3, 0.4) is 0 Å². The SMILES string of the molecule is CCc1cc(-c2nc(N)nc(C)c2-c2ccc3c(c2)OCCO3)c(O)cc1OC. The Morgan fingerprint density at radius 1 is 1.10 bits per heavy atom. The first-order chi connectivity index (χ1) is 14.0. The molecule has 0 saturated carbocycles. The van der Waals surface area contributed by atoms with E-state index in [9.17, 15) is 5.11 Å². The zero-order valence-corrected chi connectivity index (χ0v) is 16.7. The average Bonchev–Trinajstić information content (AvgIpc) is 2.72. The van der Waals surface area contributed by atoms with Gasteiger partial charge in [0.25, 0.3) is 0 Å². The Balaban J connectivity index is 1.94. The van der Waals surface area contributed by atoms with Crippen LogP contribution in [-0.4, -0.2) is 35.4 Å². The molecule has 2 aromatic carbocycles. The number of aromatic nitrogens is 2. The fraction of sp³-hybridized carbons (Fsp3) is 0.273. The molecule has 150 valence electrons. The van der Waals surface area contributed by atoms with E-state index in [1.807, 2.05) is 38.1 Å². The number of benzene rings is 2. The Morgan fingerprint density at radius 3 is 2.59 bits per heavy atom. The third-order valence-corrected chi connectivity index (χ3v) is 4.97. The van der Waals surface area contributed by atoms with E-state index in [2.05, 4.69) is 9.97 Å². The van der Waals surface area contributed by atoms with Gasteiger partial charge in [-0.25, -0.2) is 9.97 Å². The Morgan fingerprint density at radius 2 is 1.86 bits per heavy atom. The fourth-order valence-electron chi connectivity index (χ4n) is 3.60. The number of ether oxygens (including phenoxy) is 3. The highest BCUT2D eigenvalue weighted by Gasteiger charge is 2.21. The van der Waals surface area contributed by atoms with Gasteiger partial charge in [-0.15, -0.1) is 0 Å². The monoisotopic (exact) mass is 393 g/mol. The second kappa shape index (κ2) is 7.50. The minimum absolute atomic E-state index is 0.0651. The summed E-state index contributed by atoms with van der Waals surface area (Å²) in [5, 5.41) is 10.7. The number of hydrogen-bond donors (Lipinski definition) is 2. The quantitative estimate of drug-likeness (QED) is 0.696. The standard InChI is InChI=1S/C22H23N3O4/c1-4-13-9-15(16(26)11-18(13)27-3)21-20(12(2)24-22(23)25-21)14-5-6-17-19(10-14)29-8-7-28-17/h5-6,9-11,26H,4,7-8H2,1-3H3,(H2,23,24,25). The number of anilines is 1. The Kier molecular flexibility index (Phi) is 4.88. The van der Waals surface area contributed by atoms with Crippen molar-refractivity contribution in [2.75, 3.05) is 26.1 Å². The highest BCUT2D eigenvalue weighted by Crippen LogP contribution is 2.42. The molecule has 29 heavy (non-hydrogen) atoms. The average molecular weight is 393 g/mol. The van der Waals surface area contributed by atoms with Crippen LogP contribution in [0.5, 0.6) is 23.0 Å². The minimum Gasteiger partial charge on any atom is -0.507 e. The third kappa shape index (κ3) is 3.40. The molecular formula is C22H23N3O4. The highest BCUT2D eigenvalue weighted by atomic mass is 16.6. The molecule has 0 radical (unpaired) electrons. The molecule has 1 aliphatic heterocycles. The molecular weight excluding hydrogens is 370 g/mol. The molecule has 7 nitrogen and oxygen atoms in total. The number of phenols is 1. The number of nitrogens with two attached hydrogens (primary N) is 1. The number of aromatic hydroxyl groups is 1. The minimum atomic E-state index is 0.0651. The first-order valence-corrected chi connectivity index (χ1v) is 9.46. The molecule has 0 bridgehead atoms. The molecule has 4 rings (SSSR count). The van der Waals surface area contributed by atoms with Crippen molar-refractivity contribution in [3.63, 3.8) is 0 Å². The summed E-state index contributed by atoms with van der Waals surface area (Å²) in [5.74, 6) is 2.22. The molecule has 0 fully saturated rings. The second-order valence-electron chi connectivity index (χ2n) is 6.78. The van der Waals surface area contributed by atoms with Crippen LogP contribution in [0, 0.1) is 6.92 Å². The number of nitrogens with zero attached hydrogens (tertiary/aromatic N) is 2. The van der Waals surface area contributed by atoms with Crippen LogP contribution in [0.4, 0.5) is 5.95 Å². The van der Waals surface area contributed by atoms with Gasteiger partial charge in [0.05, 0.1) is 18.5 Å². The van der Waals surface area contributed by atoms with Crippen LogP contribution in [-0.2, 0) is 6.42 Å². The molecule has 0 amide bonds. The molecule has 0 unspecified atom stereocenters. The summed E-state index contributed by atoms with van der Waals surface area (Å²) in [6.45, 7) is 4.93. The van der Waals surface area contributed by atoms with Crippen LogP contribution in [0.25, 0.3) is 22.4 Å². The van der Waals surface area contributed by atoms with Crippen LogP contribution < -0.4 is 19.9 Å². The van der Waals surface area contributed by atoms with E-state index >= 15 is 0 Å². The van der Waals surface area contributed by atoms with Crippen LogP contribution in [0.15, 0.2) is 30.3 Å².